The maximum atomic E-state index is 11.2. The van der Waals surface area contributed by atoms with E-state index in [1.807, 2.05) is 0 Å². The summed E-state index contributed by atoms with van der Waals surface area (Å²) >= 11 is 0. The number of rotatable bonds is 6. The van der Waals surface area contributed by atoms with E-state index in [1.54, 1.807) is 0 Å². The van der Waals surface area contributed by atoms with Gasteiger partial charge in [0.15, 0.2) is 0 Å². The molecular weight excluding hydrogens is 224 g/mol. The van der Waals surface area contributed by atoms with Crippen molar-refractivity contribution < 1.29 is 15.5 Å². The molecule has 1 aromatic rings. The number of carbonyl (C=O) groups is 1. The Kier molecular flexibility index (Phi) is 4.89. The number of hydrogen-bond donors (Lipinski definition) is 3. The van der Waals surface area contributed by atoms with Gasteiger partial charge in [-0.2, -0.15) is 0 Å². The second kappa shape index (κ2) is 6.44. The molecule has 0 unspecified atom stereocenters. The van der Waals surface area contributed by atoms with E-state index in [0.717, 1.165) is 6.42 Å². The maximum absolute atomic E-state index is 11.2. The number of nitrogens with one attached hydrogen (secondary N) is 2. The van der Waals surface area contributed by atoms with Gasteiger partial charge in [0, 0.05) is 25.0 Å². The van der Waals surface area contributed by atoms with Crippen molar-refractivity contribution in [3.8, 4) is 0 Å². The predicted molar refractivity (Wildman–Crippen MR) is 61.9 cm³/mol. The van der Waals surface area contributed by atoms with Crippen LogP contribution in [0.2, 0.25) is 0 Å². The zero-order valence-electron chi connectivity index (χ0n) is 9.31. The number of quaternary nitrogens is 1. The Morgan fingerprint density at radius 3 is 2.53 bits per heavy atom. The molecule has 0 radical (unpaired) electrons. The van der Waals surface area contributed by atoms with Crippen molar-refractivity contribution in [1.82, 2.24) is 5.43 Å². The number of carbonyl (C=O) groups excluding carboxylic acids is 1. The highest BCUT2D eigenvalue weighted by atomic mass is 16.6. The lowest BCUT2D eigenvalue weighted by Gasteiger charge is -2.07. The highest BCUT2D eigenvalue weighted by Gasteiger charge is 2.04. The molecule has 1 amide bonds. The normalized spacial score (nSPS) is 9.71. The van der Waals surface area contributed by atoms with E-state index in [9.17, 15) is 14.9 Å². The largest absolute Gasteiger partial charge is 0.358 e. The Morgan fingerprint density at radius 2 is 2.00 bits per heavy atom. The van der Waals surface area contributed by atoms with Crippen molar-refractivity contribution >= 4 is 17.3 Å². The van der Waals surface area contributed by atoms with Crippen molar-refractivity contribution in [2.75, 3.05) is 12.0 Å². The minimum absolute atomic E-state index is 0.0129. The predicted octanol–water partition coefficient (Wildman–Crippen LogP) is 0.0600. The maximum Gasteiger partial charge on any atom is 0.269 e. The Bertz CT molecular complexity index is 391. The summed E-state index contributed by atoms with van der Waals surface area (Å²) in [5, 5.41) is 10.4. The third kappa shape index (κ3) is 4.47. The van der Waals surface area contributed by atoms with Gasteiger partial charge in [-0.05, 0) is 12.1 Å². The van der Waals surface area contributed by atoms with Gasteiger partial charge in [-0.1, -0.05) is 0 Å². The Balaban J connectivity index is 2.42. The monoisotopic (exact) mass is 239 g/mol. The Hall–Kier alpha value is -2.15. The number of non-ortho nitro benzene ring substituents is 1. The third-order valence-electron chi connectivity index (χ3n) is 2.08. The van der Waals surface area contributed by atoms with Crippen LogP contribution < -0.4 is 16.6 Å². The van der Waals surface area contributed by atoms with Crippen LogP contribution in [0.1, 0.15) is 12.8 Å². The molecule has 0 atom stereocenters. The van der Waals surface area contributed by atoms with Gasteiger partial charge in [0.2, 0.25) is 5.91 Å². The number of nitro benzene ring substituents is 1. The van der Waals surface area contributed by atoms with E-state index in [-0.39, 0.29) is 11.6 Å². The van der Waals surface area contributed by atoms with Crippen molar-refractivity contribution in [2.24, 2.45) is 0 Å². The quantitative estimate of drug-likeness (QED) is 0.481. The number of nitrogens with zero attached hydrogens (tertiary/aromatic N) is 1. The van der Waals surface area contributed by atoms with Gasteiger partial charge < -0.3 is 5.73 Å². The first-order chi connectivity index (χ1) is 8.13. The van der Waals surface area contributed by atoms with Crippen molar-refractivity contribution in [3.63, 3.8) is 0 Å². The first-order valence-corrected chi connectivity index (χ1v) is 5.22. The van der Waals surface area contributed by atoms with E-state index in [4.69, 9.17) is 0 Å². The minimum Gasteiger partial charge on any atom is -0.358 e. The molecule has 0 aliphatic rings. The molecule has 1 aromatic carbocycles. The van der Waals surface area contributed by atoms with Crippen LogP contribution in [0.4, 0.5) is 11.4 Å². The Morgan fingerprint density at radius 1 is 1.35 bits per heavy atom. The van der Waals surface area contributed by atoms with Crippen molar-refractivity contribution in [1.29, 1.82) is 0 Å². The van der Waals surface area contributed by atoms with Crippen LogP contribution in [0.25, 0.3) is 0 Å². The number of hydrogen-bond acceptors (Lipinski definition) is 4. The lowest BCUT2D eigenvalue weighted by molar-refractivity contribution is -0.384. The van der Waals surface area contributed by atoms with E-state index in [2.05, 4.69) is 16.6 Å². The summed E-state index contributed by atoms with van der Waals surface area (Å²) in [5.74, 6) is -0.132. The smallest absolute Gasteiger partial charge is 0.269 e. The van der Waals surface area contributed by atoms with E-state index >= 15 is 0 Å². The highest BCUT2D eigenvalue weighted by molar-refractivity contribution is 5.77. The van der Waals surface area contributed by atoms with Crippen LogP contribution in [0.5, 0.6) is 0 Å². The summed E-state index contributed by atoms with van der Waals surface area (Å²) in [6, 6.07) is 5.79. The zero-order chi connectivity index (χ0) is 12.7. The molecule has 0 saturated carbocycles. The summed E-state index contributed by atoms with van der Waals surface area (Å²) in [4.78, 5) is 21.2. The van der Waals surface area contributed by atoms with Crippen LogP contribution in [0, 0.1) is 10.1 Å². The average molecular weight is 239 g/mol. The topological polar surface area (TPSA) is 112 Å². The third-order valence-corrected chi connectivity index (χ3v) is 2.08. The lowest BCUT2D eigenvalue weighted by Crippen LogP contribution is -2.50. The molecule has 0 aromatic heterocycles. The van der Waals surface area contributed by atoms with Crippen molar-refractivity contribution in [2.45, 2.75) is 12.8 Å². The fourth-order valence-electron chi connectivity index (χ4n) is 1.16. The van der Waals surface area contributed by atoms with E-state index < -0.39 is 4.92 Å². The fraction of sp³-hybridized carbons (Fsp3) is 0.300. The molecule has 0 fully saturated rings. The summed E-state index contributed by atoms with van der Waals surface area (Å²) in [7, 11) is 0. The number of benzene rings is 1. The van der Waals surface area contributed by atoms with Gasteiger partial charge in [-0.25, -0.2) is 0 Å². The van der Waals surface area contributed by atoms with Crippen LogP contribution >= 0.6 is 0 Å². The molecule has 1 rings (SSSR count). The molecule has 7 heteroatoms. The molecule has 0 heterocycles. The minimum atomic E-state index is -0.476. The molecule has 0 saturated heterocycles. The van der Waals surface area contributed by atoms with Gasteiger partial charge in [0.1, 0.15) is 0 Å². The fourth-order valence-corrected chi connectivity index (χ4v) is 1.16. The summed E-state index contributed by atoms with van der Waals surface area (Å²) < 4.78 is 0. The highest BCUT2D eigenvalue weighted by Crippen LogP contribution is 2.14. The van der Waals surface area contributed by atoms with Crippen molar-refractivity contribution in [3.05, 3.63) is 34.4 Å². The average Bonchev–Trinajstić information content (AvgIpc) is 2.34. The van der Waals surface area contributed by atoms with Crippen LogP contribution in [0.3, 0.4) is 0 Å². The van der Waals surface area contributed by atoms with Crippen LogP contribution in [0.15, 0.2) is 24.3 Å². The van der Waals surface area contributed by atoms with Crippen LogP contribution in [-0.2, 0) is 4.79 Å². The molecular formula is C10H15N4O3+. The molecule has 5 N–H and O–H groups in total. The zero-order valence-corrected chi connectivity index (χ0v) is 9.31. The van der Waals surface area contributed by atoms with Gasteiger partial charge in [0.25, 0.3) is 5.69 Å². The van der Waals surface area contributed by atoms with Crippen LogP contribution in [-0.4, -0.2) is 17.4 Å². The molecule has 0 aliphatic heterocycles. The SMILES string of the molecule is [NH3+]CCCC(=O)NNc1ccc([N+](=O)[O-])cc1. The number of hydrazine groups is 1. The van der Waals surface area contributed by atoms with Gasteiger partial charge >= 0.3 is 0 Å². The van der Waals surface area contributed by atoms with E-state index in [0.29, 0.717) is 18.7 Å². The Labute approximate surface area is 98.1 Å². The lowest BCUT2D eigenvalue weighted by atomic mass is 10.3. The number of amides is 1. The molecule has 0 bridgehead atoms. The van der Waals surface area contributed by atoms with Gasteiger partial charge in [0.05, 0.1) is 17.2 Å². The number of nitro groups is 1. The molecule has 0 spiro atoms. The summed E-state index contributed by atoms with van der Waals surface area (Å²) in [6.45, 7) is 0.713. The van der Waals surface area contributed by atoms with E-state index in [1.165, 1.54) is 24.3 Å². The molecule has 0 aliphatic carbocycles. The molecule has 17 heavy (non-hydrogen) atoms. The van der Waals surface area contributed by atoms with Gasteiger partial charge in [-0.3, -0.25) is 25.8 Å². The number of anilines is 1. The first-order valence-electron chi connectivity index (χ1n) is 5.22. The van der Waals surface area contributed by atoms with Gasteiger partial charge in [-0.15, -0.1) is 0 Å². The second-order valence-electron chi connectivity index (χ2n) is 3.43. The summed E-state index contributed by atoms with van der Waals surface area (Å²) in [5.41, 5.74) is 9.42. The second-order valence-corrected chi connectivity index (χ2v) is 3.43. The molecule has 7 nitrogen and oxygen atoms in total. The summed E-state index contributed by atoms with van der Waals surface area (Å²) in [6.07, 6.45) is 1.14. The first kappa shape index (κ1) is 12.9. The molecule has 92 valence electrons. The standard InChI is InChI=1S/C10H14N4O3/c11-7-1-2-10(15)13-12-8-3-5-9(6-4-8)14(16)17/h3-6,12H,1-2,7,11H2,(H,13,15)/p+1.